The zero-order valence-electron chi connectivity index (χ0n) is 15.3. The molecule has 8 nitrogen and oxygen atoms in total. The van der Waals surface area contributed by atoms with E-state index in [1.54, 1.807) is 4.90 Å². The Hall–Kier alpha value is -2.61. The molecule has 1 saturated heterocycles. The van der Waals surface area contributed by atoms with Crippen molar-refractivity contribution in [3.63, 3.8) is 0 Å². The fourth-order valence-corrected chi connectivity index (χ4v) is 2.62. The molecule has 1 aliphatic heterocycles. The van der Waals surface area contributed by atoms with Crippen LogP contribution in [0.2, 0.25) is 0 Å². The molecular weight excluding hydrogens is 336 g/mol. The molecule has 1 aromatic rings. The zero-order chi connectivity index (χ0) is 18.9. The van der Waals surface area contributed by atoms with Crippen LogP contribution in [0, 0.1) is 13.8 Å². The second-order valence-electron chi connectivity index (χ2n) is 6.26. The van der Waals surface area contributed by atoms with Gasteiger partial charge in [-0.05, 0) is 25.5 Å². The van der Waals surface area contributed by atoms with E-state index in [-0.39, 0.29) is 31.2 Å². The fourth-order valence-electron chi connectivity index (χ4n) is 2.62. The largest absolute Gasteiger partial charge is 0.378 e. The van der Waals surface area contributed by atoms with Gasteiger partial charge in [0.15, 0.2) is 0 Å². The van der Waals surface area contributed by atoms with Crippen molar-refractivity contribution in [2.45, 2.75) is 26.7 Å². The van der Waals surface area contributed by atoms with Crippen molar-refractivity contribution in [3.8, 4) is 0 Å². The SMILES string of the molecule is Cc1ccc(NCC(=O)NNC(=O)CCC(=O)N2CCOCC2)c(C)c1. The third kappa shape index (κ3) is 6.36. The van der Waals surface area contributed by atoms with Gasteiger partial charge in [0, 0.05) is 31.6 Å². The van der Waals surface area contributed by atoms with Crippen LogP contribution in [0.25, 0.3) is 0 Å². The van der Waals surface area contributed by atoms with Gasteiger partial charge in [-0.15, -0.1) is 0 Å². The molecule has 0 aromatic heterocycles. The van der Waals surface area contributed by atoms with E-state index < -0.39 is 5.91 Å². The topological polar surface area (TPSA) is 99.8 Å². The summed E-state index contributed by atoms with van der Waals surface area (Å²) in [5.74, 6) is -0.837. The highest BCUT2D eigenvalue weighted by atomic mass is 16.5. The third-order valence-corrected chi connectivity index (χ3v) is 4.09. The summed E-state index contributed by atoms with van der Waals surface area (Å²) in [5, 5.41) is 3.02. The number of aryl methyl sites for hydroxylation is 2. The van der Waals surface area contributed by atoms with Crippen LogP contribution in [0.4, 0.5) is 5.69 Å². The number of carbonyl (C=O) groups excluding carboxylic acids is 3. The van der Waals surface area contributed by atoms with Gasteiger partial charge in [-0.3, -0.25) is 25.2 Å². The van der Waals surface area contributed by atoms with Gasteiger partial charge >= 0.3 is 0 Å². The van der Waals surface area contributed by atoms with Crippen molar-refractivity contribution in [1.29, 1.82) is 0 Å². The molecule has 0 unspecified atom stereocenters. The molecule has 8 heteroatoms. The molecule has 3 amide bonds. The van der Waals surface area contributed by atoms with E-state index in [2.05, 4.69) is 16.2 Å². The van der Waals surface area contributed by atoms with Gasteiger partial charge in [0.2, 0.25) is 11.8 Å². The number of morpholine rings is 1. The van der Waals surface area contributed by atoms with Crippen LogP contribution in [-0.2, 0) is 19.1 Å². The van der Waals surface area contributed by atoms with Crippen LogP contribution in [-0.4, -0.2) is 55.5 Å². The number of hydrogen-bond donors (Lipinski definition) is 3. The molecule has 3 N–H and O–H groups in total. The molecule has 2 rings (SSSR count). The van der Waals surface area contributed by atoms with E-state index in [4.69, 9.17) is 4.74 Å². The van der Waals surface area contributed by atoms with Gasteiger partial charge in [0.25, 0.3) is 5.91 Å². The highest BCUT2D eigenvalue weighted by molar-refractivity contribution is 5.87. The van der Waals surface area contributed by atoms with Crippen LogP contribution in [0.5, 0.6) is 0 Å². The maximum absolute atomic E-state index is 11.9. The zero-order valence-corrected chi connectivity index (χ0v) is 15.3. The number of hydrazine groups is 1. The number of anilines is 1. The third-order valence-electron chi connectivity index (χ3n) is 4.09. The number of rotatable bonds is 6. The highest BCUT2D eigenvalue weighted by Gasteiger charge is 2.17. The normalized spacial score (nSPS) is 13.8. The predicted octanol–water partition coefficient (Wildman–Crippen LogP) is 0.502. The second kappa shape index (κ2) is 9.76. The minimum absolute atomic E-state index is 0.0287. The molecule has 1 fully saturated rings. The molecule has 0 saturated carbocycles. The van der Waals surface area contributed by atoms with Crippen LogP contribution in [0.3, 0.4) is 0 Å². The minimum atomic E-state index is -0.397. The maximum Gasteiger partial charge on any atom is 0.257 e. The molecule has 142 valence electrons. The minimum Gasteiger partial charge on any atom is -0.378 e. The van der Waals surface area contributed by atoms with Crippen LogP contribution in [0.1, 0.15) is 24.0 Å². The first kappa shape index (κ1) is 19.7. The van der Waals surface area contributed by atoms with Gasteiger partial charge < -0.3 is 15.0 Å². The Bertz CT molecular complexity index is 657. The standard InChI is InChI=1S/C18H26N4O4/c1-13-3-4-15(14(2)11-13)19-12-17(24)21-20-16(23)5-6-18(25)22-7-9-26-10-8-22/h3-4,11,19H,5-10,12H2,1-2H3,(H,20,23)(H,21,24). The molecule has 0 radical (unpaired) electrons. The first-order chi connectivity index (χ1) is 12.5. The van der Waals surface area contributed by atoms with E-state index in [0.717, 1.165) is 16.8 Å². The Kier molecular flexibility index (Phi) is 7.40. The Morgan fingerprint density at radius 2 is 1.73 bits per heavy atom. The van der Waals surface area contributed by atoms with Gasteiger partial charge in [-0.1, -0.05) is 17.7 Å². The lowest BCUT2D eigenvalue weighted by Gasteiger charge is -2.26. The molecule has 1 aromatic carbocycles. The van der Waals surface area contributed by atoms with Crippen molar-refractivity contribution in [1.82, 2.24) is 15.8 Å². The quantitative estimate of drug-likeness (QED) is 0.640. The number of ether oxygens (including phenoxy) is 1. The van der Waals surface area contributed by atoms with Gasteiger partial charge in [0.1, 0.15) is 0 Å². The van der Waals surface area contributed by atoms with Crippen molar-refractivity contribution in [2.75, 3.05) is 38.2 Å². The molecule has 0 spiro atoms. The molecule has 0 aliphatic carbocycles. The Morgan fingerprint density at radius 3 is 2.42 bits per heavy atom. The van der Waals surface area contributed by atoms with Crippen molar-refractivity contribution >= 4 is 23.4 Å². The van der Waals surface area contributed by atoms with Gasteiger partial charge in [-0.25, -0.2) is 0 Å². The van der Waals surface area contributed by atoms with Crippen LogP contribution in [0.15, 0.2) is 18.2 Å². The average molecular weight is 362 g/mol. The summed E-state index contributed by atoms with van der Waals surface area (Å²) in [5.41, 5.74) is 7.73. The Morgan fingerprint density at radius 1 is 1.04 bits per heavy atom. The fraction of sp³-hybridized carbons (Fsp3) is 0.500. The predicted molar refractivity (Wildman–Crippen MR) is 97.3 cm³/mol. The summed E-state index contributed by atoms with van der Waals surface area (Å²) in [7, 11) is 0. The summed E-state index contributed by atoms with van der Waals surface area (Å²) >= 11 is 0. The number of nitrogens with zero attached hydrogens (tertiary/aromatic N) is 1. The van der Waals surface area contributed by atoms with E-state index >= 15 is 0 Å². The summed E-state index contributed by atoms with van der Waals surface area (Å²) in [6.07, 6.45) is 0.142. The maximum atomic E-state index is 11.9. The monoisotopic (exact) mass is 362 g/mol. The molecular formula is C18H26N4O4. The van der Waals surface area contributed by atoms with Crippen LogP contribution >= 0.6 is 0 Å². The summed E-state index contributed by atoms with van der Waals surface area (Å²) < 4.78 is 5.18. The smallest absolute Gasteiger partial charge is 0.257 e. The lowest BCUT2D eigenvalue weighted by molar-refractivity contribution is -0.137. The first-order valence-corrected chi connectivity index (χ1v) is 8.70. The highest BCUT2D eigenvalue weighted by Crippen LogP contribution is 2.15. The van der Waals surface area contributed by atoms with Crippen molar-refractivity contribution < 1.29 is 19.1 Å². The lowest BCUT2D eigenvalue weighted by atomic mass is 10.1. The second-order valence-corrected chi connectivity index (χ2v) is 6.26. The molecule has 26 heavy (non-hydrogen) atoms. The summed E-state index contributed by atoms with van der Waals surface area (Å²) in [4.78, 5) is 37.2. The first-order valence-electron chi connectivity index (χ1n) is 8.70. The van der Waals surface area contributed by atoms with E-state index in [1.807, 2.05) is 32.0 Å². The van der Waals surface area contributed by atoms with Crippen molar-refractivity contribution in [3.05, 3.63) is 29.3 Å². The summed E-state index contributed by atoms with van der Waals surface area (Å²) in [6, 6.07) is 5.89. The van der Waals surface area contributed by atoms with Gasteiger partial charge in [0.05, 0.1) is 19.8 Å². The average Bonchev–Trinajstić information content (AvgIpc) is 2.64. The number of amides is 3. The molecule has 0 atom stereocenters. The number of benzene rings is 1. The Balaban J connectivity index is 1.63. The van der Waals surface area contributed by atoms with Crippen molar-refractivity contribution in [2.24, 2.45) is 0 Å². The van der Waals surface area contributed by atoms with Gasteiger partial charge in [-0.2, -0.15) is 0 Å². The number of hydrogen-bond acceptors (Lipinski definition) is 5. The number of nitrogens with one attached hydrogen (secondary N) is 3. The Labute approximate surface area is 153 Å². The van der Waals surface area contributed by atoms with Crippen LogP contribution < -0.4 is 16.2 Å². The molecule has 0 bridgehead atoms. The van der Waals surface area contributed by atoms with E-state index in [1.165, 1.54) is 0 Å². The summed E-state index contributed by atoms with van der Waals surface area (Å²) in [6.45, 7) is 6.17. The molecule has 1 heterocycles. The van der Waals surface area contributed by atoms with E-state index in [9.17, 15) is 14.4 Å². The van der Waals surface area contributed by atoms with E-state index in [0.29, 0.717) is 26.3 Å². The molecule has 1 aliphatic rings. The lowest BCUT2D eigenvalue weighted by Crippen LogP contribution is -2.45. The number of carbonyl (C=O) groups is 3.